The van der Waals surface area contributed by atoms with Gasteiger partial charge in [-0.1, -0.05) is 12.1 Å². The number of carboxylic acids is 2. The Morgan fingerprint density at radius 3 is 2.20 bits per heavy atom. The van der Waals surface area contributed by atoms with E-state index < -0.39 is 55.0 Å². The number of nitrogens with zero attached hydrogens (tertiary/aromatic N) is 2. The number of carbonyl (C=O) groups is 6. The number of amides is 2. The van der Waals surface area contributed by atoms with Gasteiger partial charge in [-0.15, -0.1) is 0 Å². The van der Waals surface area contributed by atoms with Crippen LogP contribution in [0, 0.1) is 0 Å². The van der Waals surface area contributed by atoms with Crippen molar-refractivity contribution in [2.75, 3.05) is 13.7 Å². The SMILES string of the molecule is CN(C(=O)C(COC=O)NC(=O)OCc1ccc(OC(=O)c2ccc(N=C(N)N)cc2)cc1)[C@@H](CC(=O)O)C(=O)O. The molecule has 0 spiro atoms. The van der Waals surface area contributed by atoms with Crippen LogP contribution in [0.15, 0.2) is 53.5 Å². The minimum atomic E-state index is -1.74. The highest BCUT2D eigenvalue weighted by Crippen LogP contribution is 2.17. The van der Waals surface area contributed by atoms with E-state index in [1.165, 1.54) is 48.5 Å². The van der Waals surface area contributed by atoms with Gasteiger partial charge in [-0.05, 0) is 42.0 Å². The van der Waals surface area contributed by atoms with Crippen molar-refractivity contribution in [1.82, 2.24) is 10.2 Å². The van der Waals surface area contributed by atoms with E-state index >= 15 is 0 Å². The molecule has 0 saturated heterocycles. The maximum absolute atomic E-state index is 12.7. The molecule has 2 aromatic carbocycles. The number of nitrogens with one attached hydrogen (secondary N) is 1. The molecule has 1 unspecified atom stereocenters. The third-order valence-electron chi connectivity index (χ3n) is 5.25. The molecule has 0 bridgehead atoms. The van der Waals surface area contributed by atoms with Crippen LogP contribution >= 0.6 is 0 Å². The van der Waals surface area contributed by atoms with Gasteiger partial charge in [0.15, 0.2) is 5.96 Å². The zero-order valence-electron chi connectivity index (χ0n) is 21.6. The van der Waals surface area contributed by atoms with Gasteiger partial charge in [-0.2, -0.15) is 0 Å². The van der Waals surface area contributed by atoms with E-state index in [4.69, 9.17) is 26.0 Å². The topological polar surface area (TPSA) is 250 Å². The highest BCUT2D eigenvalue weighted by Gasteiger charge is 2.34. The first kappa shape index (κ1) is 31.5. The number of carboxylic acid groups (broad SMARTS) is 2. The van der Waals surface area contributed by atoms with Crippen LogP contribution in [0.25, 0.3) is 0 Å². The van der Waals surface area contributed by atoms with Gasteiger partial charge in [-0.25, -0.2) is 19.4 Å². The Morgan fingerprint density at radius 2 is 1.66 bits per heavy atom. The predicted molar refractivity (Wildman–Crippen MR) is 139 cm³/mol. The standard InChI is InChI=1S/C25H27N5O11/c1-30(19(22(35)36)10-20(32)33)21(34)18(12-39-13-31)29-25(38)40-11-14-2-8-17(9-3-14)41-23(37)15-4-6-16(7-5-15)28-24(26)27/h2-9,13,18-19H,10-12H2,1H3,(H,29,38)(H,32,33)(H,35,36)(H4,26,27,28)/t18?,19-/m0/s1. The van der Waals surface area contributed by atoms with E-state index in [9.17, 15) is 33.9 Å². The van der Waals surface area contributed by atoms with Crippen LogP contribution in [-0.2, 0) is 35.3 Å². The maximum atomic E-state index is 12.7. The fourth-order valence-corrected chi connectivity index (χ4v) is 3.24. The van der Waals surface area contributed by atoms with Crippen LogP contribution < -0.4 is 21.5 Å². The third kappa shape index (κ3) is 10.2. The van der Waals surface area contributed by atoms with E-state index in [-0.39, 0.29) is 30.4 Å². The zero-order valence-corrected chi connectivity index (χ0v) is 21.6. The van der Waals surface area contributed by atoms with Gasteiger partial charge in [0.2, 0.25) is 5.91 Å². The fraction of sp³-hybridized carbons (Fsp3) is 0.240. The second kappa shape index (κ2) is 15.1. The van der Waals surface area contributed by atoms with E-state index in [2.05, 4.69) is 15.0 Å². The van der Waals surface area contributed by atoms with Gasteiger partial charge in [0, 0.05) is 7.05 Å². The Kier molecular flexibility index (Phi) is 11.6. The molecule has 16 nitrogen and oxygen atoms in total. The second-order valence-corrected chi connectivity index (χ2v) is 8.22. The number of esters is 1. The van der Waals surface area contributed by atoms with Crippen LogP contribution in [0.4, 0.5) is 10.5 Å². The smallest absolute Gasteiger partial charge is 0.408 e. The van der Waals surface area contributed by atoms with Crippen LogP contribution in [0.2, 0.25) is 0 Å². The summed E-state index contributed by atoms with van der Waals surface area (Å²) in [4.78, 5) is 74.8. The molecule has 218 valence electrons. The molecule has 0 fully saturated rings. The molecule has 0 radical (unpaired) electrons. The largest absolute Gasteiger partial charge is 0.481 e. The Balaban J connectivity index is 1.96. The lowest BCUT2D eigenvalue weighted by Gasteiger charge is -2.27. The number of guanidine groups is 1. The van der Waals surface area contributed by atoms with Crippen molar-refractivity contribution in [2.45, 2.75) is 25.1 Å². The summed E-state index contributed by atoms with van der Waals surface area (Å²) in [6.07, 6.45) is -2.02. The van der Waals surface area contributed by atoms with Gasteiger partial charge >= 0.3 is 24.0 Å². The molecule has 0 saturated carbocycles. The van der Waals surface area contributed by atoms with Crippen LogP contribution in [0.1, 0.15) is 22.3 Å². The van der Waals surface area contributed by atoms with Crippen molar-refractivity contribution in [2.24, 2.45) is 16.5 Å². The summed E-state index contributed by atoms with van der Waals surface area (Å²) in [5, 5.41) is 20.3. The number of hydrogen-bond donors (Lipinski definition) is 5. The van der Waals surface area contributed by atoms with Crippen LogP contribution in [-0.4, -0.2) is 83.2 Å². The highest BCUT2D eigenvalue weighted by atomic mass is 16.6. The van der Waals surface area contributed by atoms with Crippen molar-refractivity contribution in [1.29, 1.82) is 0 Å². The zero-order chi connectivity index (χ0) is 30.5. The average molecular weight is 574 g/mol. The summed E-state index contributed by atoms with van der Waals surface area (Å²) in [5.41, 5.74) is 11.8. The number of carbonyl (C=O) groups excluding carboxylic acids is 4. The third-order valence-corrected chi connectivity index (χ3v) is 5.25. The lowest BCUT2D eigenvalue weighted by molar-refractivity contribution is -0.154. The number of hydrogen-bond acceptors (Lipinski definition) is 10. The van der Waals surface area contributed by atoms with Crippen LogP contribution in [0.5, 0.6) is 5.75 Å². The second-order valence-electron chi connectivity index (χ2n) is 8.22. The van der Waals surface area contributed by atoms with Crippen molar-refractivity contribution >= 4 is 48.0 Å². The summed E-state index contributed by atoms with van der Waals surface area (Å²) < 4.78 is 14.9. The van der Waals surface area contributed by atoms with Gasteiger partial charge in [0.05, 0.1) is 17.7 Å². The molecule has 2 aromatic rings. The first-order valence-corrected chi connectivity index (χ1v) is 11.6. The summed E-state index contributed by atoms with van der Waals surface area (Å²) in [5.74, 6) is -4.66. The fourth-order valence-electron chi connectivity index (χ4n) is 3.24. The lowest BCUT2D eigenvalue weighted by atomic mass is 10.1. The maximum Gasteiger partial charge on any atom is 0.408 e. The minimum absolute atomic E-state index is 0.00925. The molecule has 2 amide bonds. The van der Waals surface area contributed by atoms with Crippen LogP contribution in [0.3, 0.4) is 0 Å². The summed E-state index contributed by atoms with van der Waals surface area (Å²) >= 11 is 0. The molecule has 0 heterocycles. The molecule has 2 rings (SSSR count). The van der Waals surface area contributed by atoms with E-state index in [0.717, 1.165) is 7.05 Å². The lowest BCUT2D eigenvalue weighted by Crippen LogP contribution is -2.54. The molecule has 7 N–H and O–H groups in total. The molecular weight excluding hydrogens is 546 g/mol. The van der Waals surface area contributed by atoms with Gasteiger partial charge in [-0.3, -0.25) is 14.4 Å². The summed E-state index contributed by atoms with van der Waals surface area (Å²) in [6.45, 7) is -0.943. The number of rotatable bonds is 14. The number of likely N-dealkylation sites (N-methyl/N-ethyl adjacent to an activating group) is 1. The molecule has 41 heavy (non-hydrogen) atoms. The van der Waals surface area contributed by atoms with Crippen molar-refractivity contribution in [3.05, 3.63) is 59.7 Å². The Labute approximate surface area is 232 Å². The number of aliphatic imine (C=N–C) groups is 1. The molecule has 16 heteroatoms. The first-order chi connectivity index (χ1) is 19.4. The molecular formula is C25H27N5O11. The Hall–Kier alpha value is -5.67. The van der Waals surface area contributed by atoms with Gasteiger partial charge in [0.1, 0.15) is 31.0 Å². The Bertz CT molecular complexity index is 1290. The van der Waals surface area contributed by atoms with Gasteiger partial charge in [0.25, 0.3) is 6.47 Å². The van der Waals surface area contributed by atoms with E-state index in [1.54, 1.807) is 0 Å². The Morgan fingerprint density at radius 1 is 1.02 bits per heavy atom. The van der Waals surface area contributed by atoms with E-state index in [0.29, 0.717) is 16.2 Å². The van der Waals surface area contributed by atoms with Crippen molar-refractivity contribution < 1.29 is 53.2 Å². The number of nitrogens with two attached hydrogens (primary N) is 2. The normalized spacial score (nSPS) is 11.6. The number of benzene rings is 2. The molecule has 0 aliphatic heterocycles. The molecule has 0 aliphatic carbocycles. The number of alkyl carbamates (subject to hydrolysis) is 1. The molecule has 0 aromatic heterocycles. The summed E-state index contributed by atoms with van der Waals surface area (Å²) in [7, 11) is 1.03. The monoisotopic (exact) mass is 573 g/mol. The summed E-state index contributed by atoms with van der Waals surface area (Å²) in [6, 6.07) is 8.64. The molecule has 2 atom stereocenters. The first-order valence-electron chi connectivity index (χ1n) is 11.6. The number of aliphatic carboxylic acids is 2. The quantitative estimate of drug-likeness (QED) is 0.0655. The highest BCUT2D eigenvalue weighted by molar-refractivity contribution is 5.92. The minimum Gasteiger partial charge on any atom is -0.481 e. The number of ether oxygens (including phenoxy) is 3. The van der Waals surface area contributed by atoms with Crippen molar-refractivity contribution in [3.63, 3.8) is 0 Å². The van der Waals surface area contributed by atoms with Crippen molar-refractivity contribution in [3.8, 4) is 5.75 Å². The van der Waals surface area contributed by atoms with E-state index in [1.807, 2.05) is 0 Å². The predicted octanol–water partition coefficient (Wildman–Crippen LogP) is -0.0352. The van der Waals surface area contributed by atoms with Gasteiger partial charge < -0.3 is 46.1 Å². The average Bonchev–Trinajstić information content (AvgIpc) is 2.92. The molecule has 0 aliphatic rings.